The summed E-state index contributed by atoms with van der Waals surface area (Å²) in [4.78, 5) is 25.2. The van der Waals surface area contributed by atoms with Gasteiger partial charge in [0.1, 0.15) is 0 Å². The number of carbonyl (C=O) groups is 2. The van der Waals surface area contributed by atoms with E-state index in [0.717, 1.165) is 17.3 Å². The van der Waals surface area contributed by atoms with Crippen LogP contribution in [0.3, 0.4) is 0 Å². The van der Waals surface area contributed by atoms with Gasteiger partial charge in [0, 0.05) is 24.1 Å². The van der Waals surface area contributed by atoms with Gasteiger partial charge in [-0.2, -0.15) is 0 Å². The summed E-state index contributed by atoms with van der Waals surface area (Å²) in [7, 11) is 0. The molecule has 2 amide bonds. The summed E-state index contributed by atoms with van der Waals surface area (Å²) in [6, 6.07) is 8.05. The first-order chi connectivity index (χ1) is 11.3. The van der Waals surface area contributed by atoms with E-state index in [1.165, 1.54) is 5.56 Å². The van der Waals surface area contributed by atoms with Crippen LogP contribution in [-0.4, -0.2) is 41.6 Å². The summed E-state index contributed by atoms with van der Waals surface area (Å²) < 4.78 is 1.06. The Morgan fingerprint density at radius 2 is 2.21 bits per heavy atom. The van der Waals surface area contributed by atoms with Crippen molar-refractivity contribution in [1.29, 1.82) is 0 Å². The van der Waals surface area contributed by atoms with Gasteiger partial charge >= 0.3 is 12.0 Å². The first-order valence-electron chi connectivity index (χ1n) is 8.34. The molecule has 0 aromatic heterocycles. The molecule has 0 spiro atoms. The normalized spacial score (nSPS) is 21.5. The maximum absolute atomic E-state index is 12.3. The third-order valence-corrected chi connectivity index (χ3v) is 5.30. The Balaban J connectivity index is 1.85. The number of urea groups is 1. The Labute approximate surface area is 151 Å². The summed E-state index contributed by atoms with van der Waals surface area (Å²) >= 11 is 3.48. The molecule has 1 aliphatic rings. The third-order valence-electron chi connectivity index (χ3n) is 4.81. The number of rotatable bonds is 6. The molecule has 6 heteroatoms. The van der Waals surface area contributed by atoms with E-state index >= 15 is 0 Å². The molecule has 0 saturated carbocycles. The first-order valence-corrected chi connectivity index (χ1v) is 9.14. The van der Waals surface area contributed by atoms with Crippen LogP contribution < -0.4 is 5.32 Å². The summed E-state index contributed by atoms with van der Waals surface area (Å²) in [6.07, 6.45) is 2.38. The third kappa shape index (κ3) is 4.72. The van der Waals surface area contributed by atoms with Crippen LogP contribution in [0.15, 0.2) is 28.7 Å². The van der Waals surface area contributed by atoms with Gasteiger partial charge in [-0.3, -0.25) is 4.79 Å². The molecule has 24 heavy (non-hydrogen) atoms. The number of carbonyl (C=O) groups excluding carboxylic acids is 1. The van der Waals surface area contributed by atoms with Crippen molar-refractivity contribution in [2.75, 3.05) is 19.6 Å². The molecule has 1 aromatic rings. The standard InChI is InChI=1S/C18H25BrN2O3/c1-3-13(9-14-5-4-6-15(19)10-14)11-20-17(24)21-8-7-18(2,12-21)16(22)23/h4-6,10,13H,3,7-9,11-12H2,1-2H3,(H,20,24)(H,22,23). The van der Waals surface area contributed by atoms with E-state index in [-0.39, 0.29) is 12.6 Å². The number of aliphatic carboxylic acids is 1. The quantitative estimate of drug-likeness (QED) is 0.772. The Morgan fingerprint density at radius 3 is 2.79 bits per heavy atom. The Bertz CT molecular complexity index is 608. The molecular formula is C18H25BrN2O3. The lowest BCUT2D eigenvalue weighted by Crippen LogP contribution is -2.42. The fourth-order valence-corrected chi connectivity index (χ4v) is 3.46. The minimum absolute atomic E-state index is 0.160. The molecule has 0 radical (unpaired) electrons. The van der Waals surface area contributed by atoms with Gasteiger partial charge in [0.05, 0.1) is 5.41 Å². The topological polar surface area (TPSA) is 69.6 Å². The molecule has 0 aliphatic carbocycles. The van der Waals surface area contributed by atoms with Gasteiger partial charge in [0.2, 0.25) is 0 Å². The molecule has 1 aromatic carbocycles. The number of hydrogen-bond acceptors (Lipinski definition) is 2. The summed E-state index contributed by atoms with van der Waals surface area (Å²) in [5.74, 6) is -0.476. The number of carboxylic acid groups (broad SMARTS) is 1. The molecule has 2 rings (SSSR count). The fraction of sp³-hybridized carbons (Fsp3) is 0.556. The number of hydrogen-bond donors (Lipinski definition) is 2. The summed E-state index contributed by atoms with van der Waals surface area (Å²) in [5.41, 5.74) is 0.419. The van der Waals surface area contributed by atoms with Crippen LogP contribution in [0.5, 0.6) is 0 Å². The van der Waals surface area contributed by atoms with Crippen molar-refractivity contribution in [2.45, 2.75) is 33.1 Å². The van der Waals surface area contributed by atoms with E-state index in [1.54, 1.807) is 11.8 Å². The van der Waals surface area contributed by atoms with Crippen molar-refractivity contribution in [3.8, 4) is 0 Å². The summed E-state index contributed by atoms with van der Waals surface area (Å²) in [6.45, 7) is 5.19. The number of halogens is 1. The van der Waals surface area contributed by atoms with Crippen molar-refractivity contribution in [2.24, 2.45) is 11.3 Å². The van der Waals surface area contributed by atoms with Crippen LogP contribution >= 0.6 is 15.9 Å². The van der Waals surface area contributed by atoms with Crippen LogP contribution in [0.4, 0.5) is 4.79 Å². The van der Waals surface area contributed by atoms with E-state index in [4.69, 9.17) is 0 Å². The average Bonchev–Trinajstić information content (AvgIpc) is 2.95. The number of benzene rings is 1. The smallest absolute Gasteiger partial charge is 0.317 e. The van der Waals surface area contributed by atoms with Crippen LogP contribution in [0.2, 0.25) is 0 Å². The predicted molar refractivity (Wildman–Crippen MR) is 97.0 cm³/mol. The lowest BCUT2D eigenvalue weighted by atomic mass is 9.90. The Kier molecular flexibility index (Phi) is 6.27. The second-order valence-corrected chi connectivity index (χ2v) is 7.75. The number of carboxylic acids is 1. The highest BCUT2D eigenvalue weighted by Gasteiger charge is 2.42. The van der Waals surface area contributed by atoms with Crippen molar-refractivity contribution in [3.63, 3.8) is 0 Å². The van der Waals surface area contributed by atoms with Gasteiger partial charge in [-0.05, 0) is 43.4 Å². The van der Waals surface area contributed by atoms with Gasteiger partial charge < -0.3 is 15.3 Å². The van der Waals surface area contributed by atoms with Crippen molar-refractivity contribution < 1.29 is 14.7 Å². The minimum Gasteiger partial charge on any atom is -0.481 e. The molecule has 2 N–H and O–H groups in total. The lowest BCUT2D eigenvalue weighted by molar-refractivity contribution is -0.147. The van der Waals surface area contributed by atoms with Crippen LogP contribution in [0, 0.1) is 11.3 Å². The van der Waals surface area contributed by atoms with Gasteiger partial charge in [0.25, 0.3) is 0 Å². The van der Waals surface area contributed by atoms with Crippen LogP contribution in [-0.2, 0) is 11.2 Å². The number of nitrogens with zero attached hydrogens (tertiary/aromatic N) is 1. The molecule has 1 heterocycles. The van der Waals surface area contributed by atoms with Crippen LogP contribution in [0.1, 0.15) is 32.3 Å². The Hall–Kier alpha value is -1.56. The monoisotopic (exact) mass is 396 g/mol. The zero-order valence-electron chi connectivity index (χ0n) is 14.2. The molecule has 2 unspecified atom stereocenters. The maximum Gasteiger partial charge on any atom is 0.317 e. The van der Waals surface area contributed by atoms with Gasteiger partial charge in [-0.1, -0.05) is 41.4 Å². The molecule has 0 bridgehead atoms. The van der Waals surface area contributed by atoms with E-state index in [1.807, 2.05) is 12.1 Å². The van der Waals surface area contributed by atoms with E-state index in [9.17, 15) is 14.7 Å². The minimum atomic E-state index is -0.834. The number of likely N-dealkylation sites (tertiary alicyclic amines) is 1. The number of nitrogens with one attached hydrogen (secondary N) is 1. The highest BCUT2D eigenvalue weighted by molar-refractivity contribution is 9.10. The van der Waals surface area contributed by atoms with E-state index in [2.05, 4.69) is 40.3 Å². The first kappa shape index (κ1) is 18.8. The largest absolute Gasteiger partial charge is 0.481 e. The van der Waals surface area contributed by atoms with Crippen molar-refractivity contribution in [3.05, 3.63) is 34.3 Å². The molecule has 1 aliphatic heterocycles. The number of amides is 2. The van der Waals surface area contributed by atoms with E-state index < -0.39 is 11.4 Å². The second-order valence-electron chi connectivity index (χ2n) is 6.83. The van der Waals surface area contributed by atoms with Gasteiger partial charge in [0.15, 0.2) is 0 Å². The van der Waals surface area contributed by atoms with E-state index in [0.29, 0.717) is 25.4 Å². The maximum atomic E-state index is 12.3. The zero-order valence-corrected chi connectivity index (χ0v) is 15.8. The van der Waals surface area contributed by atoms with Crippen molar-refractivity contribution in [1.82, 2.24) is 10.2 Å². The molecular weight excluding hydrogens is 372 g/mol. The van der Waals surface area contributed by atoms with Gasteiger partial charge in [-0.25, -0.2) is 4.79 Å². The fourth-order valence-electron chi connectivity index (χ4n) is 3.01. The highest BCUT2D eigenvalue weighted by atomic mass is 79.9. The predicted octanol–water partition coefficient (Wildman–Crippen LogP) is 3.52. The molecule has 1 saturated heterocycles. The molecule has 2 atom stereocenters. The molecule has 132 valence electrons. The second kappa shape index (κ2) is 8.01. The lowest BCUT2D eigenvalue weighted by Gasteiger charge is -2.22. The molecule has 5 nitrogen and oxygen atoms in total. The highest BCUT2D eigenvalue weighted by Crippen LogP contribution is 2.30. The van der Waals surface area contributed by atoms with Gasteiger partial charge in [-0.15, -0.1) is 0 Å². The zero-order chi connectivity index (χ0) is 17.7. The molecule has 1 fully saturated rings. The Morgan fingerprint density at radius 1 is 1.46 bits per heavy atom. The summed E-state index contributed by atoms with van der Waals surface area (Å²) in [5, 5.41) is 12.2. The average molecular weight is 397 g/mol. The van der Waals surface area contributed by atoms with Crippen molar-refractivity contribution >= 4 is 27.9 Å². The SMILES string of the molecule is CCC(CNC(=O)N1CCC(C)(C(=O)O)C1)Cc1cccc(Br)c1. The van der Waals surface area contributed by atoms with Crippen LogP contribution in [0.25, 0.3) is 0 Å².